The Morgan fingerprint density at radius 2 is 2.18 bits per heavy atom. The standard InChI is InChI=1S/C13H13N3O5S/c1-8-6-9(2-3-10(8)16(20)21)12(18)14-4-5-15-11(17)7-22-13(15)19/h2-3,6H,4-5,7H2,1H3,(H,14,18). The lowest BCUT2D eigenvalue weighted by Gasteiger charge is -2.13. The third-order valence-corrected chi connectivity index (χ3v) is 3.98. The second-order valence-electron chi connectivity index (χ2n) is 4.61. The Labute approximate surface area is 130 Å². The smallest absolute Gasteiger partial charge is 0.288 e. The number of benzene rings is 1. The number of aryl methyl sites for hydroxylation is 1. The molecule has 1 aromatic rings. The van der Waals surface area contributed by atoms with Gasteiger partial charge in [0.1, 0.15) is 0 Å². The first-order valence-electron chi connectivity index (χ1n) is 6.40. The normalized spacial score (nSPS) is 14.3. The molecule has 9 heteroatoms. The minimum absolute atomic E-state index is 0.0539. The van der Waals surface area contributed by atoms with E-state index in [-0.39, 0.29) is 41.2 Å². The second-order valence-corrected chi connectivity index (χ2v) is 5.54. The summed E-state index contributed by atoms with van der Waals surface area (Å²) in [6, 6.07) is 4.06. The number of hydrogen-bond donors (Lipinski definition) is 1. The van der Waals surface area contributed by atoms with E-state index in [2.05, 4.69) is 5.32 Å². The van der Waals surface area contributed by atoms with Crippen molar-refractivity contribution < 1.29 is 19.3 Å². The van der Waals surface area contributed by atoms with Crippen molar-refractivity contribution in [3.63, 3.8) is 0 Å². The summed E-state index contributed by atoms with van der Waals surface area (Å²) < 4.78 is 0. The van der Waals surface area contributed by atoms with Gasteiger partial charge in [-0.05, 0) is 19.1 Å². The Morgan fingerprint density at radius 3 is 2.73 bits per heavy atom. The van der Waals surface area contributed by atoms with Crippen LogP contribution in [-0.4, -0.2) is 45.7 Å². The molecule has 0 bridgehead atoms. The van der Waals surface area contributed by atoms with Gasteiger partial charge in [0.05, 0.1) is 10.7 Å². The van der Waals surface area contributed by atoms with Crippen LogP contribution in [0.25, 0.3) is 0 Å². The monoisotopic (exact) mass is 323 g/mol. The quantitative estimate of drug-likeness (QED) is 0.646. The maximum absolute atomic E-state index is 11.9. The molecule has 0 spiro atoms. The summed E-state index contributed by atoms with van der Waals surface area (Å²) >= 11 is 0.936. The van der Waals surface area contributed by atoms with Crippen LogP contribution in [0.4, 0.5) is 10.5 Å². The molecular weight excluding hydrogens is 310 g/mol. The van der Waals surface area contributed by atoms with Crippen LogP contribution in [0, 0.1) is 17.0 Å². The fraction of sp³-hybridized carbons (Fsp3) is 0.308. The summed E-state index contributed by atoms with van der Waals surface area (Å²) in [5.74, 6) is -0.547. The third kappa shape index (κ3) is 3.42. The van der Waals surface area contributed by atoms with E-state index in [4.69, 9.17) is 0 Å². The maximum Gasteiger partial charge on any atom is 0.288 e. The molecule has 22 heavy (non-hydrogen) atoms. The number of nitro benzene ring substituents is 1. The zero-order valence-electron chi connectivity index (χ0n) is 11.7. The predicted octanol–water partition coefficient (Wildman–Crippen LogP) is 1.33. The van der Waals surface area contributed by atoms with Gasteiger partial charge in [0.25, 0.3) is 16.8 Å². The van der Waals surface area contributed by atoms with E-state index in [1.54, 1.807) is 6.92 Å². The van der Waals surface area contributed by atoms with Crippen LogP contribution in [0.2, 0.25) is 0 Å². The summed E-state index contributed by atoms with van der Waals surface area (Å²) in [6.45, 7) is 1.79. The van der Waals surface area contributed by atoms with Gasteiger partial charge in [-0.25, -0.2) is 0 Å². The number of thioether (sulfide) groups is 1. The molecule has 0 aliphatic carbocycles. The largest absolute Gasteiger partial charge is 0.350 e. The number of nitro groups is 1. The third-order valence-electron chi connectivity index (χ3n) is 3.12. The average molecular weight is 323 g/mol. The number of nitrogens with one attached hydrogen (secondary N) is 1. The molecule has 116 valence electrons. The van der Waals surface area contributed by atoms with Gasteiger partial charge in [-0.3, -0.25) is 29.4 Å². The van der Waals surface area contributed by atoms with Gasteiger partial charge < -0.3 is 5.32 Å². The molecule has 1 N–H and O–H groups in total. The van der Waals surface area contributed by atoms with Gasteiger partial charge in [-0.2, -0.15) is 0 Å². The van der Waals surface area contributed by atoms with Crippen LogP contribution in [0.15, 0.2) is 18.2 Å². The van der Waals surface area contributed by atoms with Crippen molar-refractivity contribution in [3.05, 3.63) is 39.4 Å². The van der Waals surface area contributed by atoms with Crippen LogP contribution in [0.1, 0.15) is 15.9 Å². The number of nitrogens with zero attached hydrogens (tertiary/aromatic N) is 2. The van der Waals surface area contributed by atoms with Crippen molar-refractivity contribution in [1.29, 1.82) is 0 Å². The van der Waals surface area contributed by atoms with Crippen LogP contribution >= 0.6 is 11.8 Å². The van der Waals surface area contributed by atoms with Crippen LogP contribution in [0.5, 0.6) is 0 Å². The van der Waals surface area contributed by atoms with Gasteiger partial charge in [0, 0.05) is 30.3 Å². The summed E-state index contributed by atoms with van der Waals surface area (Å²) in [7, 11) is 0. The van der Waals surface area contributed by atoms with Crippen LogP contribution < -0.4 is 5.32 Å². The van der Waals surface area contributed by atoms with Crippen molar-refractivity contribution >= 4 is 34.5 Å². The molecular formula is C13H13N3O5S. The summed E-state index contributed by atoms with van der Waals surface area (Å²) in [5, 5.41) is 13.0. The molecule has 1 saturated heterocycles. The maximum atomic E-state index is 11.9. The first-order valence-corrected chi connectivity index (χ1v) is 7.39. The highest BCUT2D eigenvalue weighted by atomic mass is 32.2. The highest BCUT2D eigenvalue weighted by Crippen LogP contribution is 2.19. The number of carbonyl (C=O) groups is 3. The highest BCUT2D eigenvalue weighted by Gasteiger charge is 2.29. The fourth-order valence-electron chi connectivity index (χ4n) is 1.98. The first kappa shape index (κ1) is 16.0. The molecule has 1 aliphatic heterocycles. The van der Waals surface area contributed by atoms with Crippen LogP contribution in [-0.2, 0) is 4.79 Å². The topological polar surface area (TPSA) is 110 Å². The van der Waals surface area contributed by atoms with Gasteiger partial charge in [0.15, 0.2) is 0 Å². The number of rotatable bonds is 5. The Kier molecular flexibility index (Phi) is 4.76. The lowest BCUT2D eigenvalue weighted by molar-refractivity contribution is -0.385. The summed E-state index contributed by atoms with van der Waals surface area (Å²) in [5.41, 5.74) is 0.623. The molecule has 1 heterocycles. The Bertz CT molecular complexity index is 645. The molecule has 0 saturated carbocycles. The fourth-order valence-corrected chi connectivity index (χ4v) is 2.73. The second kappa shape index (κ2) is 6.56. The zero-order chi connectivity index (χ0) is 16.3. The van der Waals surface area contributed by atoms with E-state index in [0.717, 1.165) is 16.7 Å². The van der Waals surface area contributed by atoms with Gasteiger partial charge in [0.2, 0.25) is 5.91 Å². The van der Waals surface area contributed by atoms with Crippen molar-refractivity contribution in [2.24, 2.45) is 0 Å². The SMILES string of the molecule is Cc1cc(C(=O)NCCN2C(=O)CSC2=O)ccc1[N+](=O)[O-]. The molecule has 2 rings (SSSR count). The predicted molar refractivity (Wildman–Crippen MR) is 79.7 cm³/mol. The Hall–Kier alpha value is -2.42. The average Bonchev–Trinajstić information content (AvgIpc) is 2.78. The molecule has 0 atom stereocenters. The van der Waals surface area contributed by atoms with Gasteiger partial charge >= 0.3 is 0 Å². The lowest BCUT2D eigenvalue weighted by atomic mass is 10.1. The van der Waals surface area contributed by atoms with E-state index >= 15 is 0 Å². The summed E-state index contributed by atoms with van der Waals surface area (Å²) in [4.78, 5) is 46.0. The van der Waals surface area contributed by atoms with Gasteiger partial charge in [-0.15, -0.1) is 0 Å². The Morgan fingerprint density at radius 1 is 1.45 bits per heavy atom. The lowest BCUT2D eigenvalue weighted by Crippen LogP contribution is -2.37. The van der Waals surface area contributed by atoms with E-state index in [0.29, 0.717) is 5.56 Å². The van der Waals surface area contributed by atoms with Crippen molar-refractivity contribution in [3.8, 4) is 0 Å². The van der Waals surface area contributed by atoms with Crippen molar-refractivity contribution in [2.75, 3.05) is 18.8 Å². The molecule has 1 aliphatic rings. The van der Waals surface area contributed by atoms with E-state index < -0.39 is 10.8 Å². The molecule has 0 unspecified atom stereocenters. The van der Waals surface area contributed by atoms with Gasteiger partial charge in [-0.1, -0.05) is 11.8 Å². The molecule has 0 aromatic heterocycles. The number of hydrogen-bond acceptors (Lipinski definition) is 6. The minimum Gasteiger partial charge on any atom is -0.350 e. The first-order chi connectivity index (χ1) is 10.4. The van der Waals surface area contributed by atoms with E-state index in [9.17, 15) is 24.5 Å². The molecule has 8 nitrogen and oxygen atoms in total. The number of imide groups is 1. The van der Waals surface area contributed by atoms with Crippen molar-refractivity contribution in [2.45, 2.75) is 6.92 Å². The van der Waals surface area contributed by atoms with Crippen LogP contribution in [0.3, 0.4) is 0 Å². The molecule has 0 radical (unpaired) electrons. The summed E-state index contributed by atoms with van der Waals surface area (Å²) in [6.07, 6.45) is 0. The highest BCUT2D eigenvalue weighted by molar-refractivity contribution is 8.14. The number of amides is 3. The minimum atomic E-state index is -0.515. The van der Waals surface area contributed by atoms with E-state index in [1.807, 2.05) is 0 Å². The number of carbonyl (C=O) groups excluding carboxylic acids is 3. The van der Waals surface area contributed by atoms with Crippen molar-refractivity contribution in [1.82, 2.24) is 10.2 Å². The Balaban J connectivity index is 1.92. The van der Waals surface area contributed by atoms with E-state index in [1.165, 1.54) is 18.2 Å². The molecule has 3 amide bonds. The zero-order valence-corrected chi connectivity index (χ0v) is 12.5. The molecule has 1 fully saturated rings. The molecule has 1 aromatic carbocycles.